The van der Waals surface area contributed by atoms with Gasteiger partial charge in [0.1, 0.15) is 0 Å². The number of nitrogens with zero attached hydrogens (tertiary/aromatic N) is 3. The molecule has 2 atom stereocenters. The maximum atomic E-state index is 13.4. The molecule has 29 heavy (non-hydrogen) atoms. The summed E-state index contributed by atoms with van der Waals surface area (Å²) in [5, 5.41) is 0.540. The van der Waals surface area contributed by atoms with Crippen molar-refractivity contribution in [1.82, 2.24) is 9.88 Å². The minimum atomic E-state index is -4.42. The molecule has 1 aromatic carbocycles. The van der Waals surface area contributed by atoms with Gasteiger partial charge in [0, 0.05) is 36.9 Å². The summed E-state index contributed by atoms with van der Waals surface area (Å²) in [4.78, 5) is 8.52. The topological polar surface area (TPSA) is 28.6 Å². The quantitative estimate of drug-likeness (QED) is 0.655. The monoisotopic (exact) mass is 409 g/mol. The van der Waals surface area contributed by atoms with E-state index in [-0.39, 0.29) is 11.6 Å². The van der Waals surface area contributed by atoms with E-state index in [1.54, 1.807) is 18.2 Å². The van der Waals surface area contributed by atoms with Gasteiger partial charge >= 0.3 is 6.18 Å². The molecule has 1 saturated heterocycles. The summed E-state index contributed by atoms with van der Waals surface area (Å²) >= 11 is 0. The minimum Gasteiger partial charge on any atom is -0.375 e. The van der Waals surface area contributed by atoms with Crippen LogP contribution in [0.1, 0.15) is 32.8 Å². The first-order valence-electron chi connectivity index (χ1n) is 10.4. The standard InChI is InChI=1S/C22H30F3N3O/c1-4-27(5-2)11-12-29-17-13-16(3)14-28(15-17)20-9-8-19(22(23,24)25)21-18(20)7-6-10-26-21/h6-10,16-17H,4-5,11-15H2,1-3H3/t16-,17+/m1/s1. The highest BCUT2D eigenvalue weighted by Crippen LogP contribution is 2.38. The van der Waals surface area contributed by atoms with Crippen LogP contribution in [0, 0.1) is 5.92 Å². The summed E-state index contributed by atoms with van der Waals surface area (Å²) in [6.45, 7) is 11.5. The number of likely N-dealkylation sites (N-methyl/N-ethyl adjacent to an activating group) is 1. The third-order valence-electron chi connectivity index (χ3n) is 5.67. The molecule has 0 amide bonds. The van der Waals surface area contributed by atoms with Crippen LogP contribution in [-0.4, -0.2) is 55.3 Å². The van der Waals surface area contributed by atoms with E-state index in [4.69, 9.17) is 4.74 Å². The van der Waals surface area contributed by atoms with E-state index in [0.717, 1.165) is 44.4 Å². The Bertz CT molecular complexity index is 807. The van der Waals surface area contributed by atoms with Crippen molar-refractivity contribution in [3.63, 3.8) is 0 Å². The van der Waals surface area contributed by atoms with Gasteiger partial charge in [0.2, 0.25) is 0 Å². The van der Waals surface area contributed by atoms with Gasteiger partial charge in [-0.05, 0) is 49.7 Å². The van der Waals surface area contributed by atoms with Crippen molar-refractivity contribution in [1.29, 1.82) is 0 Å². The molecule has 0 N–H and O–H groups in total. The predicted octanol–water partition coefficient (Wildman–Crippen LogP) is 4.83. The second-order valence-electron chi connectivity index (χ2n) is 7.80. The summed E-state index contributed by atoms with van der Waals surface area (Å²) in [5.74, 6) is 0.399. The van der Waals surface area contributed by atoms with Crippen molar-refractivity contribution >= 4 is 16.6 Å². The van der Waals surface area contributed by atoms with Gasteiger partial charge in [-0.1, -0.05) is 20.8 Å². The fourth-order valence-electron chi connectivity index (χ4n) is 4.16. The molecule has 1 aliphatic rings. The molecule has 0 bridgehead atoms. The zero-order valence-electron chi connectivity index (χ0n) is 17.4. The summed E-state index contributed by atoms with van der Waals surface area (Å²) < 4.78 is 46.4. The molecule has 3 rings (SSSR count). The molecule has 1 aliphatic heterocycles. The molecule has 0 aliphatic carbocycles. The molecule has 7 heteroatoms. The number of aromatic nitrogens is 1. The third kappa shape index (κ3) is 5.20. The zero-order chi connectivity index (χ0) is 21.0. The van der Waals surface area contributed by atoms with Crippen LogP contribution in [0.15, 0.2) is 30.5 Å². The van der Waals surface area contributed by atoms with Crippen molar-refractivity contribution < 1.29 is 17.9 Å². The summed E-state index contributed by atoms with van der Waals surface area (Å²) in [6.07, 6.45) is -1.97. The van der Waals surface area contributed by atoms with Gasteiger partial charge in [0.05, 0.1) is 23.8 Å². The molecule has 4 nitrogen and oxygen atoms in total. The molecular formula is C22H30F3N3O. The van der Waals surface area contributed by atoms with Crippen LogP contribution in [0.2, 0.25) is 0 Å². The normalized spacial score (nSPS) is 20.6. The van der Waals surface area contributed by atoms with E-state index >= 15 is 0 Å². The Balaban J connectivity index is 1.80. The Hall–Kier alpha value is -1.86. The maximum absolute atomic E-state index is 13.4. The van der Waals surface area contributed by atoms with Crippen molar-refractivity contribution in [3.05, 3.63) is 36.0 Å². The first-order valence-corrected chi connectivity index (χ1v) is 10.4. The van der Waals surface area contributed by atoms with Crippen molar-refractivity contribution in [2.45, 2.75) is 39.5 Å². The number of benzene rings is 1. The van der Waals surface area contributed by atoms with Crippen molar-refractivity contribution in [2.75, 3.05) is 44.2 Å². The van der Waals surface area contributed by atoms with Gasteiger partial charge in [-0.15, -0.1) is 0 Å². The van der Waals surface area contributed by atoms with Gasteiger partial charge in [0.25, 0.3) is 0 Å². The third-order valence-corrected chi connectivity index (χ3v) is 5.67. The first-order chi connectivity index (χ1) is 13.8. The van der Waals surface area contributed by atoms with E-state index in [0.29, 0.717) is 24.5 Å². The average molecular weight is 409 g/mol. The van der Waals surface area contributed by atoms with Crippen molar-refractivity contribution in [2.24, 2.45) is 5.92 Å². The fourth-order valence-corrected chi connectivity index (χ4v) is 4.16. The summed E-state index contributed by atoms with van der Waals surface area (Å²) in [7, 11) is 0. The average Bonchev–Trinajstić information content (AvgIpc) is 2.69. The molecular weight excluding hydrogens is 379 g/mol. The number of rotatable bonds is 7. The Morgan fingerprint density at radius 3 is 2.62 bits per heavy atom. The number of anilines is 1. The minimum absolute atomic E-state index is 0.00901. The number of hydrogen-bond acceptors (Lipinski definition) is 4. The van der Waals surface area contributed by atoms with Crippen molar-refractivity contribution in [3.8, 4) is 0 Å². The van der Waals surface area contributed by atoms with E-state index in [9.17, 15) is 13.2 Å². The number of alkyl halides is 3. The fraction of sp³-hybridized carbons (Fsp3) is 0.591. The second kappa shape index (κ2) is 9.30. The highest BCUT2D eigenvalue weighted by atomic mass is 19.4. The molecule has 1 aromatic heterocycles. The molecule has 2 aromatic rings. The number of halogens is 3. The lowest BCUT2D eigenvalue weighted by molar-refractivity contribution is -0.136. The van der Waals surface area contributed by atoms with Gasteiger partial charge in [-0.2, -0.15) is 13.2 Å². The second-order valence-corrected chi connectivity index (χ2v) is 7.80. The van der Waals surface area contributed by atoms with E-state index in [1.165, 1.54) is 6.20 Å². The first kappa shape index (κ1) is 21.8. The number of pyridine rings is 1. The lowest BCUT2D eigenvalue weighted by atomic mass is 9.96. The summed E-state index contributed by atoms with van der Waals surface area (Å²) in [6, 6.07) is 6.15. The Morgan fingerprint density at radius 1 is 1.17 bits per heavy atom. The van der Waals surface area contributed by atoms with Crippen LogP contribution >= 0.6 is 0 Å². The van der Waals surface area contributed by atoms with Gasteiger partial charge in [-0.3, -0.25) is 4.98 Å². The number of piperidine rings is 1. The Morgan fingerprint density at radius 2 is 1.93 bits per heavy atom. The SMILES string of the molecule is CCN(CC)CCO[C@H]1C[C@@H](C)CN(c2ccc(C(F)(F)F)c3ncccc23)C1. The molecule has 160 valence electrons. The number of fused-ring (bicyclic) bond motifs is 1. The number of ether oxygens (including phenoxy) is 1. The Kier molecular flexibility index (Phi) is 7.01. The highest BCUT2D eigenvalue weighted by Gasteiger charge is 2.34. The lowest BCUT2D eigenvalue weighted by Gasteiger charge is -2.38. The molecule has 2 heterocycles. The van der Waals surface area contributed by atoms with Gasteiger partial charge in [0.15, 0.2) is 0 Å². The number of hydrogen-bond donors (Lipinski definition) is 0. The predicted molar refractivity (Wildman–Crippen MR) is 110 cm³/mol. The van der Waals surface area contributed by atoms with E-state index < -0.39 is 11.7 Å². The zero-order valence-corrected chi connectivity index (χ0v) is 17.4. The van der Waals surface area contributed by atoms with Crippen LogP contribution < -0.4 is 4.90 Å². The van der Waals surface area contributed by atoms with Gasteiger partial charge in [-0.25, -0.2) is 0 Å². The Labute approximate surface area is 170 Å². The largest absolute Gasteiger partial charge is 0.418 e. The maximum Gasteiger partial charge on any atom is 0.418 e. The smallest absolute Gasteiger partial charge is 0.375 e. The molecule has 0 spiro atoms. The van der Waals surface area contributed by atoms with Gasteiger partial charge < -0.3 is 14.5 Å². The molecule has 0 saturated carbocycles. The van der Waals surface area contributed by atoms with Crippen LogP contribution in [0.4, 0.5) is 18.9 Å². The molecule has 0 radical (unpaired) electrons. The molecule has 1 fully saturated rings. The van der Waals surface area contributed by atoms with Crippen LogP contribution in [0.5, 0.6) is 0 Å². The lowest BCUT2D eigenvalue weighted by Crippen LogP contribution is -2.44. The van der Waals surface area contributed by atoms with Crippen LogP contribution in [0.3, 0.4) is 0 Å². The van der Waals surface area contributed by atoms with E-state index in [2.05, 4.69) is 35.6 Å². The highest BCUT2D eigenvalue weighted by molar-refractivity contribution is 5.94. The van der Waals surface area contributed by atoms with Crippen LogP contribution in [-0.2, 0) is 10.9 Å². The summed E-state index contributed by atoms with van der Waals surface area (Å²) in [5.41, 5.74) is 0.119. The molecule has 0 unspecified atom stereocenters. The van der Waals surface area contributed by atoms with Crippen LogP contribution in [0.25, 0.3) is 10.9 Å². The van der Waals surface area contributed by atoms with E-state index in [1.807, 2.05) is 0 Å².